The molecule has 7 heteroatoms. The van der Waals surface area contributed by atoms with Gasteiger partial charge in [-0.1, -0.05) is 12.8 Å². The maximum Gasteiger partial charge on any atom is 0.184 e. The number of benzene rings is 1. The van der Waals surface area contributed by atoms with Crippen molar-refractivity contribution in [1.82, 2.24) is 20.2 Å². The van der Waals surface area contributed by atoms with Crippen molar-refractivity contribution in [1.29, 1.82) is 0 Å². The Hall–Kier alpha value is -2.05. The summed E-state index contributed by atoms with van der Waals surface area (Å²) in [5.74, 6) is -1.05. The monoisotopic (exact) mass is 293 g/mol. The molecule has 112 valence electrons. The zero-order valence-electron chi connectivity index (χ0n) is 11.8. The number of nitrogens with zero attached hydrogens (tertiary/aromatic N) is 4. The van der Waals surface area contributed by atoms with Crippen LogP contribution in [0.4, 0.5) is 14.5 Å². The van der Waals surface area contributed by atoms with Crippen LogP contribution in [0.25, 0.3) is 11.4 Å². The molecule has 21 heavy (non-hydrogen) atoms. The van der Waals surface area contributed by atoms with Gasteiger partial charge in [0.1, 0.15) is 0 Å². The maximum atomic E-state index is 13.5. The van der Waals surface area contributed by atoms with Gasteiger partial charge >= 0.3 is 0 Å². The summed E-state index contributed by atoms with van der Waals surface area (Å²) < 4.78 is 28.3. The van der Waals surface area contributed by atoms with Gasteiger partial charge in [-0.15, -0.1) is 5.10 Å². The summed E-state index contributed by atoms with van der Waals surface area (Å²) in [5, 5.41) is 11.6. The van der Waals surface area contributed by atoms with E-state index in [1.807, 2.05) is 6.92 Å². The van der Waals surface area contributed by atoms with Gasteiger partial charge in [-0.2, -0.15) is 0 Å². The lowest BCUT2D eigenvalue weighted by Crippen LogP contribution is -2.17. The molecule has 1 atom stereocenters. The SMILES string of the molecule is CC(C1CCCC1)n1nnnc1-c1cc(F)c(F)cc1N. The van der Waals surface area contributed by atoms with Crippen LogP contribution in [0.15, 0.2) is 12.1 Å². The molecule has 1 saturated carbocycles. The molecule has 1 aromatic heterocycles. The third-order valence-corrected chi connectivity index (χ3v) is 4.29. The predicted molar refractivity (Wildman–Crippen MR) is 74.3 cm³/mol. The molecule has 1 aliphatic carbocycles. The summed E-state index contributed by atoms with van der Waals surface area (Å²) in [6.45, 7) is 2.05. The predicted octanol–water partition coefficient (Wildman–Crippen LogP) is 2.95. The van der Waals surface area contributed by atoms with Crippen molar-refractivity contribution in [2.75, 3.05) is 5.73 Å². The van der Waals surface area contributed by atoms with Crippen LogP contribution in [-0.4, -0.2) is 20.2 Å². The first-order valence-electron chi connectivity index (χ1n) is 7.10. The molecule has 0 bridgehead atoms. The Morgan fingerprint density at radius 1 is 1.24 bits per heavy atom. The number of tetrazole rings is 1. The van der Waals surface area contributed by atoms with Gasteiger partial charge < -0.3 is 5.73 Å². The Labute approximate surface area is 121 Å². The van der Waals surface area contributed by atoms with Gasteiger partial charge in [0.25, 0.3) is 0 Å². The van der Waals surface area contributed by atoms with Crippen molar-refractivity contribution in [3.8, 4) is 11.4 Å². The van der Waals surface area contributed by atoms with Gasteiger partial charge in [0.2, 0.25) is 0 Å². The Bertz CT molecular complexity index is 649. The number of nitrogens with two attached hydrogens (primary N) is 1. The summed E-state index contributed by atoms with van der Waals surface area (Å²) in [5.41, 5.74) is 6.24. The van der Waals surface area contributed by atoms with Crippen LogP contribution in [0.2, 0.25) is 0 Å². The van der Waals surface area contributed by atoms with Crippen LogP contribution >= 0.6 is 0 Å². The van der Waals surface area contributed by atoms with Gasteiger partial charge in [0, 0.05) is 17.3 Å². The minimum Gasteiger partial charge on any atom is -0.398 e. The summed E-state index contributed by atoms with van der Waals surface area (Å²) in [6, 6.07) is 2.11. The highest BCUT2D eigenvalue weighted by molar-refractivity contribution is 5.71. The van der Waals surface area contributed by atoms with E-state index in [2.05, 4.69) is 15.5 Å². The number of hydrogen-bond acceptors (Lipinski definition) is 4. The smallest absolute Gasteiger partial charge is 0.184 e. The Morgan fingerprint density at radius 3 is 2.62 bits per heavy atom. The van der Waals surface area contributed by atoms with E-state index in [4.69, 9.17) is 5.73 Å². The summed E-state index contributed by atoms with van der Waals surface area (Å²) in [4.78, 5) is 0. The molecular weight excluding hydrogens is 276 g/mol. The van der Waals surface area contributed by atoms with Gasteiger partial charge in [0.05, 0.1) is 6.04 Å². The average molecular weight is 293 g/mol. The van der Waals surface area contributed by atoms with E-state index in [0.29, 0.717) is 17.3 Å². The highest BCUT2D eigenvalue weighted by atomic mass is 19.2. The van der Waals surface area contributed by atoms with E-state index in [1.165, 1.54) is 12.8 Å². The van der Waals surface area contributed by atoms with E-state index >= 15 is 0 Å². The lowest BCUT2D eigenvalue weighted by atomic mass is 9.99. The minimum atomic E-state index is -0.973. The van der Waals surface area contributed by atoms with Gasteiger partial charge in [-0.25, -0.2) is 13.5 Å². The van der Waals surface area contributed by atoms with E-state index in [1.54, 1.807) is 4.68 Å². The van der Waals surface area contributed by atoms with Crippen LogP contribution in [0.5, 0.6) is 0 Å². The summed E-state index contributed by atoms with van der Waals surface area (Å²) >= 11 is 0. The Balaban J connectivity index is 2.00. The molecule has 1 unspecified atom stereocenters. The maximum absolute atomic E-state index is 13.5. The van der Waals surface area contributed by atoms with Crippen molar-refractivity contribution in [3.05, 3.63) is 23.8 Å². The summed E-state index contributed by atoms with van der Waals surface area (Å²) in [6.07, 6.45) is 4.68. The number of hydrogen-bond donors (Lipinski definition) is 1. The minimum absolute atomic E-state index is 0.102. The second kappa shape index (κ2) is 5.38. The molecule has 3 rings (SSSR count). The van der Waals surface area contributed by atoms with Crippen LogP contribution in [0.1, 0.15) is 38.6 Å². The highest BCUT2D eigenvalue weighted by Gasteiger charge is 2.27. The first-order valence-corrected chi connectivity index (χ1v) is 7.10. The van der Waals surface area contributed by atoms with Gasteiger partial charge in [0.15, 0.2) is 17.5 Å². The van der Waals surface area contributed by atoms with Crippen molar-refractivity contribution < 1.29 is 8.78 Å². The van der Waals surface area contributed by atoms with Crippen molar-refractivity contribution in [2.24, 2.45) is 5.92 Å². The molecule has 0 spiro atoms. The fourth-order valence-electron chi connectivity index (χ4n) is 3.04. The second-order valence-electron chi connectivity index (χ2n) is 5.59. The fourth-order valence-corrected chi connectivity index (χ4v) is 3.04. The molecule has 1 aromatic carbocycles. The first-order chi connectivity index (χ1) is 10.1. The van der Waals surface area contributed by atoms with Crippen LogP contribution in [-0.2, 0) is 0 Å². The molecule has 0 aliphatic heterocycles. The Morgan fingerprint density at radius 2 is 1.90 bits per heavy atom. The van der Waals surface area contributed by atoms with E-state index < -0.39 is 11.6 Å². The topological polar surface area (TPSA) is 69.6 Å². The Kier molecular flexibility index (Phi) is 3.57. The van der Waals surface area contributed by atoms with Gasteiger partial charge in [-0.05, 0) is 42.2 Å². The molecule has 1 fully saturated rings. The molecule has 2 N–H and O–H groups in total. The van der Waals surface area contributed by atoms with Crippen LogP contribution < -0.4 is 5.73 Å². The second-order valence-corrected chi connectivity index (χ2v) is 5.59. The van der Waals surface area contributed by atoms with Crippen LogP contribution in [0, 0.1) is 17.6 Å². The molecular formula is C14H17F2N5. The zero-order valence-corrected chi connectivity index (χ0v) is 11.8. The lowest BCUT2D eigenvalue weighted by molar-refractivity contribution is 0.332. The molecule has 1 aliphatic rings. The zero-order chi connectivity index (χ0) is 15.0. The normalized spacial score (nSPS) is 17.3. The number of aromatic nitrogens is 4. The van der Waals surface area contributed by atoms with Crippen molar-refractivity contribution in [2.45, 2.75) is 38.6 Å². The molecule has 0 saturated heterocycles. The molecule has 0 radical (unpaired) electrons. The number of halogens is 2. The fraction of sp³-hybridized carbons (Fsp3) is 0.500. The largest absolute Gasteiger partial charge is 0.398 e. The standard InChI is InChI=1S/C14H17F2N5/c1-8(9-4-2-3-5-9)21-14(18-19-20-21)10-6-11(15)12(16)7-13(10)17/h6-9H,2-5,17H2,1H3. The first kappa shape index (κ1) is 13.9. The number of nitrogen functional groups attached to an aromatic ring is 1. The quantitative estimate of drug-likeness (QED) is 0.883. The highest BCUT2D eigenvalue weighted by Crippen LogP contribution is 2.36. The average Bonchev–Trinajstić information content (AvgIpc) is 3.12. The molecule has 0 amide bonds. The van der Waals surface area contributed by atoms with Crippen LogP contribution in [0.3, 0.4) is 0 Å². The lowest BCUT2D eigenvalue weighted by Gasteiger charge is -2.20. The van der Waals surface area contributed by atoms with E-state index in [9.17, 15) is 8.78 Å². The number of rotatable bonds is 3. The van der Waals surface area contributed by atoms with Crippen molar-refractivity contribution >= 4 is 5.69 Å². The van der Waals surface area contributed by atoms with Gasteiger partial charge in [-0.3, -0.25) is 0 Å². The molecule has 1 heterocycles. The van der Waals surface area contributed by atoms with E-state index in [0.717, 1.165) is 25.0 Å². The number of anilines is 1. The van der Waals surface area contributed by atoms with E-state index in [-0.39, 0.29) is 11.7 Å². The summed E-state index contributed by atoms with van der Waals surface area (Å²) in [7, 11) is 0. The third-order valence-electron chi connectivity index (χ3n) is 4.29. The molecule has 5 nitrogen and oxygen atoms in total. The molecule has 2 aromatic rings. The van der Waals surface area contributed by atoms with Crippen molar-refractivity contribution in [3.63, 3.8) is 0 Å². The third kappa shape index (κ3) is 2.48.